The molecule has 0 bridgehead atoms. The highest BCUT2D eigenvalue weighted by Crippen LogP contribution is 2.18. The van der Waals surface area contributed by atoms with Crippen LogP contribution >= 0.6 is 0 Å². The lowest BCUT2D eigenvalue weighted by atomic mass is 9.98. The van der Waals surface area contributed by atoms with Crippen molar-refractivity contribution in [1.29, 1.82) is 0 Å². The van der Waals surface area contributed by atoms with Crippen molar-refractivity contribution in [1.82, 2.24) is 15.2 Å². The number of aromatic nitrogens is 1. The number of hydrogen-bond acceptors (Lipinski definition) is 5. The van der Waals surface area contributed by atoms with Crippen LogP contribution in [0.1, 0.15) is 45.6 Å². The van der Waals surface area contributed by atoms with E-state index in [-0.39, 0.29) is 11.9 Å². The van der Waals surface area contributed by atoms with Crippen LogP contribution in [0.25, 0.3) is 0 Å². The molecule has 1 aromatic rings. The van der Waals surface area contributed by atoms with Crippen molar-refractivity contribution < 1.29 is 14.3 Å². The Balaban J connectivity index is 1.99. The minimum Gasteiger partial charge on any atom is -0.478 e. The molecule has 2 rings (SSSR count). The average Bonchev–Trinajstić information content (AvgIpc) is 2.70. The molecule has 27 heavy (non-hydrogen) atoms. The molecule has 0 amide bonds. The van der Waals surface area contributed by atoms with Gasteiger partial charge < -0.3 is 19.7 Å². The first-order chi connectivity index (χ1) is 13.2. The minimum atomic E-state index is -0.107. The molecule has 1 saturated heterocycles. The van der Waals surface area contributed by atoms with Gasteiger partial charge in [0.2, 0.25) is 5.88 Å². The standard InChI is InChI=1S/C20H32N4O3/c1-4-12-27-18-10-9-16(13-22-18)14-23-20(21-5-2)24-11-7-8-17(15-24)19(25)26-6-3/h9-10,13,17H,4-8,11-12,14-15H2,1-3H3,(H,21,23). The monoisotopic (exact) mass is 376 g/mol. The molecule has 1 atom stereocenters. The molecule has 1 aromatic heterocycles. The molecule has 0 spiro atoms. The van der Waals surface area contributed by atoms with E-state index in [0.29, 0.717) is 32.2 Å². The molecule has 0 saturated carbocycles. The maximum absolute atomic E-state index is 12.1. The fraction of sp³-hybridized carbons (Fsp3) is 0.650. The Hall–Kier alpha value is -2.31. The van der Waals surface area contributed by atoms with Crippen molar-refractivity contribution in [2.24, 2.45) is 10.9 Å². The second-order valence-corrected chi connectivity index (χ2v) is 6.56. The van der Waals surface area contributed by atoms with Gasteiger partial charge in [0.1, 0.15) is 0 Å². The maximum Gasteiger partial charge on any atom is 0.310 e. The summed E-state index contributed by atoms with van der Waals surface area (Å²) in [6, 6.07) is 3.87. The number of nitrogens with one attached hydrogen (secondary N) is 1. The van der Waals surface area contributed by atoms with E-state index >= 15 is 0 Å². The van der Waals surface area contributed by atoms with E-state index in [0.717, 1.165) is 43.9 Å². The molecule has 1 N–H and O–H groups in total. The number of rotatable bonds is 8. The normalized spacial score (nSPS) is 17.5. The van der Waals surface area contributed by atoms with E-state index in [1.165, 1.54) is 0 Å². The number of hydrogen-bond donors (Lipinski definition) is 1. The van der Waals surface area contributed by atoms with Gasteiger partial charge in [-0.1, -0.05) is 13.0 Å². The molecule has 7 heteroatoms. The topological polar surface area (TPSA) is 76.0 Å². The Kier molecular flexibility index (Phi) is 8.87. The Labute approximate surface area is 162 Å². The fourth-order valence-corrected chi connectivity index (χ4v) is 3.01. The van der Waals surface area contributed by atoms with E-state index in [2.05, 4.69) is 22.1 Å². The molecule has 2 heterocycles. The maximum atomic E-state index is 12.1. The lowest BCUT2D eigenvalue weighted by Gasteiger charge is -2.34. The Morgan fingerprint density at radius 3 is 2.89 bits per heavy atom. The molecule has 1 aliphatic rings. The number of esters is 1. The van der Waals surface area contributed by atoms with E-state index in [1.807, 2.05) is 26.0 Å². The summed E-state index contributed by atoms with van der Waals surface area (Å²) in [5.41, 5.74) is 1.02. The number of ether oxygens (including phenoxy) is 2. The number of carbonyl (C=O) groups excluding carboxylic acids is 1. The van der Waals surface area contributed by atoms with E-state index in [9.17, 15) is 4.79 Å². The molecule has 1 fully saturated rings. The van der Waals surface area contributed by atoms with Gasteiger partial charge in [0, 0.05) is 31.9 Å². The molecule has 0 aromatic carbocycles. The van der Waals surface area contributed by atoms with Crippen LogP contribution in [0.3, 0.4) is 0 Å². The Bertz CT molecular complexity index is 604. The van der Waals surface area contributed by atoms with Crippen molar-refractivity contribution in [3.05, 3.63) is 23.9 Å². The zero-order valence-corrected chi connectivity index (χ0v) is 16.7. The van der Waals surface area contributed by atoms with E-state index < -0.39 is 0 Å². The van der Waals surface area contributed by atoms with Crippen LogP contribution < -0.4 is 10.1 Å². The van der Waals surface area contributed by atoms with Crippen LogP contribution in [0.15, 0.2) is 23.3 Å². The molecule has 150 valence electrons. The third-order valence-electron chi connectivity index (χ3n) is 4.34. The lowest BCUT2D eigenvalue weighted by Crippen LogP contribution is -2.48. The third kappa shape index (κ3) is 6.73. The van der Waals surface area contributed by atoms with Gasteiger partial charge in [-0.05, 0) is 38.7 Å². The molecule has 0 radical (unpaired) electrons. The summed E-state index contributed by atoms with van der Waals surface area (Å²) < 4.78 is 10.7. The zero-order chi connectivity index (χ0) is 19.5. The number of aliphatic imine (C=N–C) groups is 1. The Morgan fingerprint density at radius 2 is 2.22 bits per heavy atom. The van der Waals surface area contributed by atoms with Crippen molar-refractivity contribution in [2.45, 2.75) is 46.6 Å². The molecule has 0 aliphatic carbocycles. The third-order valence-corrected chi connectivity index (χ3v) is 4.34. The largest absolute Gasteiger partial charge is 0.478 e. The molecule has 1 unspecified atom stereocenters. The number of pyridine rings is 1. The highest BCUT2D eigenvalue weighted by atomic mass is 16.5. The number of piperidine rings is 1. The van der Waals surface area contributed by atoms with Crippen LogP contribution in [0.2, 0.25) is 0 Å². The zero-order valence-electron chi connectivity index (χ0n) is 16.7. The van der Waals surface area contributed by atoms with Gasteiger partial charge in [-0.25, -0.2) is 9.98 Å². The average molecular weight is 377 g/mol. The van der Waals surface area contributed by atoms with Gasteiger partial charge in [0.15, 0.2) is 5.96 Å². The van der Waals surface area contributed by atoms with Crippen molar-refractivity contribution in [2.75, 3.05) is 32.8 Å². The second kappa shape index (κ2) is 11.4. The van der Waals surface area contributed by atoms with Crippen LogP contribution in [0, 0.1) is 5.92 Å². The molecule has 7 nitrogen and oxygen atoms in total. The van der Waals surface area contributed by atoms with Gasteiger partial charge in [-0.2, -0.15) is 0 Å². The predicted molar refractivity (Wildman–Crippen MR) is 106 cm³/mol. The first-order valence-corrected chi connectivity index (χ1v) is 9.95. The van der Waals surface area contributed by atoms with Crippen LogP contribution in [0.5, 0.6) is 5.88 Å². The smallest absolute Gasteiger partial charge is 0.310 e. The van der Waals surface area contributed by atoms with Gasteiger partial charge in [-0.3, -0.25) is 4.79 Å². The second-order valence-electron chi connectivity index (χ2n) is 6.56. The number of carbonyl (C=O) groups is 1. The summed E-state index contributed by atoms with van der Waals surface area (Å²) >= 11 is 0. The first-order valence-electron chi connectivity index (χ1n) is 9.95. The quantitative estimate of drug-likeness (QED) is 0.427. The number of likely N-dealkylation sites (tertiary alicyclic amines) is 1. The van der Waals surface area contributed by atoms with E-state index in [4.69, 9.17) is 14.5 Å². The number of nitrogens with zero attached hydrogens (tertiary/aromatic N) is 3. The Morgan fingerprint density at radius 1 is 1.37 bits per heavy atom. The fourth-order valence-electron chi connectivity index (χ4n) is 3.01. The minimum absolute atomic E-state index is 0.0841. The summed E-state index contributed by atoms with van der Waals surface area (Å²) in [6.07, 6.45) is 4.59. The van der Waals surface area contributed by atoms with E-state index in [1.54, 1.807) is 6.20 Å². The van der Waals surface area contributed by atoms with Crippen molar-refractivity contribution >= 4 is 11.9 Å². The summed E-state index contributed by atoms with van der Waals surface area (Å²) in [5.74, 6) is 1.28. The van der Waals surface area contributed by atoms with Crippen LogP contribution in [0.4, 0.5) is 0 Å². The van der Waals surface area contributed by atoms with Gasteiger partial charge in [0.25, 0.3) is 0 Å². The highest BCUT2D eigenvalue weighted by Gasteiger charge is 2.28. The summed E-state index contributed by atoms with van der Waals surface area (Å²) in [7, 11) is 0. The van der Waals surface area contributed by atoms with Gasteiger partial charge in [-0.15, -0.1) is 0 Å². The highest BCUT2D eigenvalue weighted by molar-refractivity contribution is 5.81. The lowest BCUT2D eigenvalue weighted by molar-refractivity contribution is -0.149. The van der Waals surface area contributed by atoms with Gasteiger partial charge >= 0.3 is 5.97 Å². The molecular formula is C20H32N4O3. The SMILES string of the molecule is CCCOc1ccc(CN=C(NCC)N2CCCC(C(=O)OCC)C2)cn1. The molecule has 1 aliphatic heterocycles. The summed E-state index contributed by atoms with van der Waals surface area (Å²) in [4.78, 5) is 23.3. The summed E-state index contributed by atoms with van der Waals surface area (Å²) in [5, 5.41) is 3.33. The van der Waals surface area contributed by atoms with Crippen LogP contribution in [-0.4, -0.2) is 54.7 Å². The molecular weight excluding hydrogens is 344 g/mol. The van der Waals surface area contributed by atoms with Gasteiger partial charge in [0.05, 0.1) is 25.7 Å². The predicted octanol–water partition coefficient (Wildman–Crippen LogP) is 2.61. The summed E-state index contributed by atoms with van der Waals surface area (Å²) in [6.45, 7) is 9.90. The van der Waals surface area contributed by atoms with Crippen LogP contribution in [-0.2, 0) is 16.1 Å². The van der Waals surface area contributed by atoms with Crippen molar-refractivity contribution in [3.63, 3.8) is 0 Å². The van der Waals surface area contributed by atoms with Crippen molar-refractivity contribution in [3.8, 4) is 5.88 Å². The first kappa shape index (κ1) is 21.0. The number of guanidine groups is 1.